The normalized spacial score (nSPS) is 21.1. The summed E-state index contributed by atoms with van der Waals surface area (Å²) in [4.78, 5) is 58.4. The minimum atomic E-state index is -1.08. The van der Waals surface area contributed by atoms with Crippen LogP contribution in [0.1, 0.15) is 99.6 Å². The highest BCUT2D eigenvalue weighted by Crippen LogP contribution is 2.32. The van der Waals surface area contributed by atoms with E-state index in [-0.39, 0.29) is 11.1 Å². The van der Waals surface area contributed by atoms with Crippen LogP contribution >= 0.6 is 11.8 Å². The van der Waals surface area contributed by atoms with Crippen LogP contribution < -0.4 is 22.2 Å². The van der Waals surface area contributed by atoms with Crippen LogP contribution in [-0.4, -0.2) is 115 Å². The molecule has 0 radical (unpaired) electrons. The van der Waals surface area contributed by atoms with E-state index in [2.05, 4.69) is 85.5 Å². The summed E-state index contributed by atoms with van der Waals surface area (Å²) in [6.45, 7) is 9.00. The van der Waals surface area contributed by atoms with E-state index in [1.807, 2.05) is 79.1 Å². The van der Waals surface area contributed by atoms with Gasteiger partial charge in [-0.25, -0.2) is 43.6 Å². The van der Waals surface area contributed by atoms with Gasteiger partial charge in [-0.05, 0) is 183 Å². The van der Waals surface area contributed by atoms with Gasteiger partial charge >= 0.3 is 0 Å². The first-order valence-electron chi connectivity index (χ1n) is 27.0. The number of benzene rings is 2. The standard InChI is InChI=1S/C29H33N7O2.C18H19N5O2S.C12H18N2/c1-29(38)15-4-3-5-16-35-27(37)23-19-30-28(33-26(23)36(35)25-8-6-7-24(29)32-25)31-22-11-9-20(10-12-22)21-13-17-34(2)18-14-21;1-18(25)9-4-3-5-10-22-16(24)12-11-19-17(26-2)21-15(12)23(22)14-8-6-7-13(18)20-14;1-14-8-6-11(7-9-14)10-2-4-12(13)5-3-10/h3,5-12,19,21,38H,4,13-18H2,1-2H3,(H,30,31,33);3,5-8,11,25H,4,9-10H2,1-2H3;2-5,11H,6-9,13H2,1H3/b2*5-3-;/t29-;18-;/m11./s1. The van der Waals surface area contributed by atoms with Gasteiger partial charge in [0.15, 0.2) is 28.1 Å². The van der Waals surface area contributed by atoms with E-state index in [1.165, 1.54) is 61.7 Å². The van der Waals surface area contributed by atoms with Gasteiger partial charge in [0.25, 0.3) is 11.1 Å². The van der Waals surface area contributed by atoms with Crippen molar-refractivity contribution in [1.29, 1.82) is 0 Å². The van der Waals surface area contributed by atoms with Crippen molar-refractivity contribution in [2.45, 2.75) is 106 Å². The fourth-order valence-electron chi connectivity index (χ4n) is 10.7. The van der Waals surface area contributed by atoms with Gasteiger partial charge in [0.05, 0.1) is 24.5 Å². The molecule has 0 spiro atoms. The average Bonchev–Trinajstić information content (AvgIpc) is 4.14. The number of fused-ring (bicyclic) bond motifs is 12. The van der Waals surface area contributed by atoms with Gasteiger partial charge in [0.2, 0.25) is 5.95 Å². The number of allylic oxidation sites excluding steroid dienone is 4. The second kappa shape index (κ2) is 23.4. The molecule has 4 bridgehead atoms. The van der Waals surface area contributed by atoms with Gasteiger partial charge in [0, 0.05) is 23.8 Å². The second-order valence-electron chi connectivity index (χ2n) is 21.3. The third-order valence-corrected chi connectivity index (χ3v) is 16.0. The molecule has 78 heavy (non-hydrogen) atoms. The fraction of sp³-hybridized carbons (Fsp3) is 0.390. The summed E-state index contributed by atoms with van der Waals surface area (Å²) < 4.78 is 6.66. The smallest absolute Gasteiger partial charge is 0.278 e. The molecule has 2 aromatic carbocycles. The SMILES string of the molecule is CN1CCC(c2ccc(N)cc2)CC1.CN1CCC(c2ccc(Nc3ncc4c(=O)n5n(c4n3)-c3cccc(n3)[C@](C)(O)CC/C=C\C5)cc2)CC1.CSc1ncc2c(=O)n3n(c2n1)-c1cccc(n1)[C@](C)(O)CC/C=C\C3. The number of aromatic nitrogens is 10. The highest BCUT2D eigenvalue weighted by Gasteiger charge is 2.28. The predicted octanol–water partition coefficient (Wildman–Crippen LogP) is 8.42. The van der Waals surface area contributed by atoms with E-state index in [9.17, 15) is 19.8 Å². The van der Waals surface area contributed by atoms with E-state index in [0.29, 0.717) is 101 Å². The van der Waals surface area contributed by atoms with E-state index < -0.39 is 11.2 Å². The number of aliphatic hydroxyl groups is 2. The Kier molecular flexibility index (Phi) is 16.2. The molecule has 8 aromatic rings. The molecule has 6 aromatic heterocycles. The molecule has 2 atom stereocenters. The van der Waals surface area contributed by atoms with Crippen molar-refractivity contribution in [3.63, 3.8) is 0 Å². The summed E-state index contributed by atoms with van der Waals surface area (Å²) in [5, 5.41) is 26.6. The molecular formula is C59H70N14O4S. The Morgan fingerprint density at radius 1 is 0.603 bits per heavy atom. The lowest BCUT2D eigenvalue weighted by Crippen LogP contribution is -2.29. The summed E-state index contributed by atoms with van der Waals surface area (Å²) in [7, 11) is 4.37. The second-order valence-corrected chi connectivity index (χ2v) is 22.1. The molecule has 0 unspecified atom stereocenters. The predicted molar refractivity (Wildman–Crippen MR) is 309 cm³/mol. The minimum Gasteiger partial charge on any atom is -0.399 e. The van der Waals surface area contributed by atoms with Gasteiger partial charge in [-0.3, -0.25) is 9.59 Å². The average molecular weight is 1070 g/mol. The van der Waals surface area contributed by atoms with Crippen LogP contribution in [0, 0.1) is 0 Å². The number of hydrogen-bond donors (Lipinski definition) is 4. The first kappa shape index (κ1) is 54.1. The molecule has 5 N–H and O–H groups in total. The largest absolute Gasteiger partial charge is 0.399 e. The molecule has 2 fully saturated rings. The number of nitrogens with zero attached hydrogens (tertiary/aromatic N) is 12. The number of rotatable bonds is 5. The molecule has 10 heterocycles. The van der Waals surface area contributed by atoms with Crippen LogP contribution in [-0.2, 0) is 24.3 Å². The van der Waals surface area contributed by atoms with Crippen molar-refractivity contribution in [2.75, 3.05) is 57.6 Å². The molecule has 406 valence electrons. The Labute approximate surface area is 458 Å². The zero-order valence-corrected chi connectivity index (χ0v) is 46.0. The molecule has 4 aliphatic heterocycles. The molecule has 19 heteroatoms. The number of anilines is 3. The Morgan fingerprint density at radius 3 is 1.55 bits per heavy atom. The number of pyridine rings is 2. The molecule has 18 nitrogen and oxygen atoms in total. The number of likely N-dealkylation sites (tertiary alicyclic amines) is 2. The Morgan fingerprint density at radius 2 is 1.06 bits per heavy atom. The summed E-state index contributed by atoms with van der Waals surface area (Å²) in [5.41, 5.74) is 9.88. The Hall–Kier alpha value is -7.29. The first-order valence-corrected chi connectivity index (χ1v) is 28.2. The molecule has 12 rings (SSSR count). The number of hydrogen-bond acceptors (Lipinski definition) is 15. The van der Waals surface area contributed by atoms with Crippen molar-refractivity contribution in [3.05, 3.63) is 165 Å². The van der Waals surface area contributed by atoms with Crippen LogP contribution in [0.3, 0.4) is 0 Å². The van der Waals surface area contributed by atoms with Crippen molar-refractivity contribution in [2.24, 2.45) is 0 Å². The number of thioether (sulfide) groups is 1. The lowest BCUT2D eigenvalue weighted by atomic mass is 9.89. The number of nitrogens with two attached hydrogens (primary N) is 1. The van der Waals surface area contributed by atoms with E-state index in [1.54, 1.807) is 45.0 Å². The van der Waals surface area contributed by atoms with Gasteiger partial charge in [-0.2, -0.15) is 4.98 Å². The van der Waals surface area contributed by atoms with Crippen molar-refractivity contribution in [1.82, 2.24) is 58.4 Å². The number of piperidine rings is 2. The van der Waals surface area contributed by atoms with E-state index in [0.717, 1.165) is 30.4 Å². The van der Waals surface area contributed by atoms with E-state index in [4.69, 9.17) is 15.7 Å². The monoisotopic (exact) mass is 1070 g/mol. The highest BCUT2D eigenvalue weighted by atomic mass is 32.2. The summed E-state index contributed by atoms with van der Waals surface area (Å²) in [5.74, 6) is 2.81. The van der Waals surface area contributed by atoms with Crippen LogP contribution in [0.15, 0.2) is 136 Å². The van der Waals surface area contributed by atoms with E-state index >= 15 is 0 Å². The summed E-state index contributed by atoms with van der Waals surface area (Å²) in [6, 6.07) is 27.8. The maximum atomic E-state index is 13.4. The lowest BCUT2D eigenvalue weighted by molar-refractivity contribution is 0.0439. The summed E-state index contributed by atoms with van der Waals surface area (Å²) in [6.07, 6.45) is 20.3. The van der Waals surface area contributed by atoms with Crippen LogP contribution in [0.4, 0.5) is 17.3 Å². The quantitative estimate of drug-likeness (QED) is 0.0551. The Balaban J connectivity index is 0.000000148. The topological polar surface area (TPSA) is 216 Å². The maximum absolute atomic E-state index is 13.4. The molecule has 0 aliphatic carbocycles. The van der Waals surface area contributed by atoms with Gasteiger partial charge in [0.1, 0.15) is 22.0 Å². The third-order valence-electron chi connectivity index (χ3n) is 15.5. The zero-order valence-electron chi connectivity index (χ0n) is 45.2. The molecule has 2 saturated heterocycles. The molecular weight excluding hydrogens is 1000 g/mol. The van der Waals surface area contributed by atoms with Gasteiger partial charge < -0.3 is 31.1 Å². The number of nitrogen functional groups attached to an aromatic ring is 1. The highest BCUT2D eigenvalue weighted by molar-refractivity contribution is 7.98. The van der Waals surface area contributed by atoms with Gasteiger partial charge in [-0.15, -0.1) is 0 Å². The van der Waals surface area contributed by atoms with Gasteiger partial charge in [-0.1, -0.05) is 72.5 Å². The molecule has 4 aliphatic rings. The minimum absolute atomic E-state index is 0.157. The molecule has 0 saturated carbocycles. The lowest BCUT2D eigenvalue weighted by Gasteiger charge is -2.29. The zero-order chi connectivity index (χ0) is 54.6. The van der Waals surface area contributed by atoms with Crippen LogP contribution in [0.2, 0.25) is 0 Å². The fourth-order valence-corrected chi connectivity index (χ4v) is 11.0. The van der Waals surface area contributed by atoms with Crippen molar-refractivity contribution >= 4 is 51.2 Å². The Bertz CT molecular complexity index is 3570. The maximum Gasteiger partial charge on any atom is 0.278 e. The van der Waals surface area contributed by atoms with Crippen LogP contribution in [0.25, 0.3) is 33.7 Å². The first-order chi connectivity index (χ1) is 37.7. The van der Waals surface area contributed by atoms with Crippen LogP contribution in [0.5, 0.6) is 0 Å². The number of nitrogens with one attached hydrogen (secondary N) is 1. The van der Waals surface area contributed by atoms with Crippen molar-refractivity contribution in [3.8, 4) is 11.6 Å². The molecule has 0 amide bonds. The third kappa shape index (κ3) is 11.9. The van der Waals surface area contributed by atoms with Crippen molar-refractivity contribution < 1.29 is 10.2 Å². The summed E-state index contributed by atoms with van der Waals surface area (Å²) >= 11 is 1.42.